The number of hydrogen-bond donors (Lipinski definition) is 1. The first-order valence-electron chi connectivity index (χ1n) is 7.69. The summed E-state index contributed by atoms with van der Waals surface area (Å²) < 4.78 is 0. The highest BCUT2D eigenvalue weighted by molar-refractivity contribution is 4.74. The van der Waals surface area contributed by atoms with Gasteiger partial charge in [-0.25, -0.2) is 0 Å². The van der Waals surface area contributed by atoms with Crippen molar-refractivity contribution in [3.8, 4) is 0 Å². The lowest BCUT2D eigenvalue weighted by molar-refractivity contribution is 0.432. The van der Waals surface area contributed by atoms with E-state index in [1.165, 1.54) is 57.8 Å². The molecule has 0 bridgehead atoms. The van der Waals surface area contributed by atoms with Crippen LogP contribution in [0.2, 0.25) is 0 Å². The molecule has 1 heteroatoms. The van der Waals surface area contributed by atoms with E-state index in [0.717, 1.165) is 19.0 Å². The van der Waals surface area contributed by atoms with E-state index in [9.17, 15) is 0 Å². The van der Waals surface area contributed by atoms with Crippen molar-refractivity contribution in [1.29, 1.82) is 0 Å². The second-order valence-corrected chi connectivity index (χ2v) is 5.07. The third kappa shape index (κ3) is 12.0. The van der Waals surface area contributed by atoms with Gasteiger partial charge in [0.2, 0.25) is 0 Å². The zero-order valence-electron chi connectivity index (χ0n) is 12.1. The van der Waals surface area contributed by atoms with Crippen LogP contribution < -0.4 is 5.32 Å². The minimum absolute atomic E-state index is 0.721. The van der Waals surface area contributed by atoms with Crippen molar-refractivity contribution in [1.82, 2.24) is 5.32 Å². The van der Waals surface area contributed by atoms with Crippen LogP contribution in [-0.4, -0.2) is 12.6 Å². The second kappa shape index (κ2) is 13.8. The van der Waals surface area contributed by atoms with E-state index in [2.05, 4.69) is 25.7 Å². The lowest BCUT2D eigenvalue weighted by Gasteiger charge is -2.17. The van der Waals surface area contributed by atoms with Crippen LogP contribution in [0.15, 0.2) is 12.7 Å². The van der Waals surface area contributed by atoms with Crippen LogP contribution in [0.4, 0.5) is 0 Å². The molecule has 0 aliphatic heterocycles. The topological polar surface area (TPSA) is 12.0 Å². The monoisotopic (exact) mass is 239 g/mol. The Hall–Kier alpha value is -0.300. The Morgan fingerprint density at radius 2 is 1.65 bits per heavy atom. The highest BCUT2D eigenvalue weighted by Gasteiger charge is 2.05. The molecule has 1 unspecified atom stereocenters. The van der Waals surface area contributed by atoms with Crippen LogP contribution in [0.3, 0.4) is 0 Å². The minimum atomic E-state index is 0.721. The van der Waals surface area contributed by atoms with Crippen LogP contribution in [-0.2, 0) is 0 Å². The van der Waals surface area contributed by atoms with Gasteiger partial charge >= 0.3 is 0 Å². The molecule has 0 aromatic heterocycles. The molecule has 0 aromatic carbocycles. The van der Waals surface area contributed by atoms with Gasteiger partial charge in [-0.15, -0.1) is 6.58 Å². The van der Waals surface area contributed by atoms with Gasteiger partial charge in [-0.05, 0) is 32.2 Å². The Bertz CT molecular complexity index is 154. The first-order chi connectivity index (χ1) is 8.35. The van der Waals surface area contributed by atoms with Gasteiger partial charge in [0, 0.05) is 6.04 Å². The molecule has 0 rings (SSSR count). The number of unbranched alkanes of at least 4 members (excludes halogenated alkanes) is 5. The van der Waals surface area contributed by atoms with Crippen molar-refractivity contribution < 1.29 is 0 Å². The van der Waals surface area contributed by atoms with Crippen LogP contribution in [0.1, 0.15) is 78.1 Å². The summed E-state index contributed by atoms with van der Waals surface area (Å²) in [7, 11) is 0. The molecular weight excluding hydrogens is 206 g/mol. The average Bonchev–Trinajstić information content (AvgIpc) is 2.35. The van der Waals surface area contributed by atoms with Crippen molar-refractivity contribution in [2.24, 2.45) is 0 Å². The van der Waals surface area contributed by atoms with Gasteiger partial charge in [-0.3, -0.25) is 0 Å². The number of nitrogens with one attached hydrogen (secondary N) is 1. The maximum Gasteiger partial charge on any atom is 0.00700 e. The predicted octanol–water partition coefficient (Wildman–Crippen LogP) is 5.07. The number of allylic oxidation sites excluding steroid dienone is 1. The molecule has 1 atom stereocenters. The van der Waals surface area contributed by atoms with Gasteiger partial charge in [0.1, 0.15) is 0 Å². The minimum Gasteiger partial charge on any atom is -0.314 e. The second-order valence-electron chi connectivity index (χ2n) is 5.07. The average molecular weight is 239 g/mol. The maximum atomic E-state index is 3.82. The summed E-state index contributed by atoms with van der Waals surface area (Å²) in [5.41, 5.74) is 0. The normalized spacial score (nSPS) is 12.6. The molecule has 0 heterocycles. The SMILES string of the molecule is C=CCCC(CCCCCCCC)NCCC. The van der Waals surface area contributed by atoms with Gasteiger partial charge in [0.15, 0.2) is 0 Å². The Kier molecular flexibility index (Phi) is 13.5. The standard InChI is InChI=1S/C16H33N/c1-4-7-9-10-11-12-14-16(13-8-5-2)17-15-6-3/h5,16-17H,2,4,6-15H2,1,3H3. The molecule has 0 fully saturated rings. The van der Waals surface area contributed by atoms with Gasteiger partial charge in [0.25, 0.3) is 0 Å². The van der Waals surface area contributed by atoms with Crippen molar-refractivity contribution in [2.75, 3.05) is 6.54 Å². The lowest BCUT2D eigenvalue weighted by atomic mass is 10.0. The maximum absolute atomic E-state index is 3.82. The Balaban J connectivity index is 3.49. The predicted molar refractivity (Wildman–Crippen MR) is 79.5 cm³/mol. The molecule has 0 radical (unpaired) electrons. The van der Waals surface area contributed by atoms with Gasteiger partial charge < -0.3 is 5.32 Å². The smallest absolute Gasteiger partial charge is 0.00700 e. The van der Waals surface area contributed by atoms with E-state index in [1.807, 2.05) is 6.08 Å². The molecule has 1 N–H and O–H groups in total. The molecule has 1 nitrogen and oxygen atoms in total. The molecule has 0 saturated carbocycles. The summed E-state index contributed by atoms with van der Waals surface area (Å²) in [5.74, 6) is 0. The molecule has 0 aliphatic carbocycles. The molecule has 0 spiro atoms. The summed E-state index contributed by atoms with van der Waals surface area (Å²) in [6.45, 7) is 9.50. The highest BCUT2D eigenvalue weighted by Crippen LogP contribution is 2.11. The molecular formula is C16H33N. The van der Waals surface area contributed by atoms with Crippen molar-refractivity contribution in [2.45, 2.75) is 84.1 Å². The third-order valence-corrected chi connectivity index (χ3v) is 3.31. The number of hydrogen-bond acceptors (Lipinski definition) is 1. The van der Waals surface area contributed by atoms with E-state index in [0.29, 0.717) is 0 Å². The quantitative estimate of drug-likeness (QED) is 0.349. The first kappa shape index (κ1) is 16.7. The lowest BCUT2D eigenvalue weighted by Crippen LogP contribution is -2.29. The van der Waals surface area contributed by atoms with Crippen LogP contribution in [0.5, 0.6) is 0 Å². The zero-order valence-corrected chi connectivity index (χ0v) is 12.1. The molecule has 0 amide bonds. The van der Waals surface area contributed by atoms with Crippen LogP contribution in [0, 0.1) is 0 Å². The first-order valence-corrected chi connectivity index (χ1v) is 7.69. The van der Waals surface area contributed by atoms with Crippen molar-refractivity contribution >= 4 is 0 Å². The molecule has 0 saturated heterocycles. The molecule has 0 aliphatic rings. The van der Waals surface area contributed by atoms with Crippen LogP contribution in [0.25, 0.3) is 0 Å². The third-order valence-electron chi connectivity index (χ3n) is 3.31. The van der Waals surface area contributed by atoms with Gasteiger partial charge in [-0.1, -0.05) is 58.4 Å². The molecule has 17 heavy (non-hydrogen) atoms. The Morgan fingerprint density at radius 1 is 0.941 bits per heavy atom. The summed E-state index contributed by atoms with van der Waals surface area (Å²) in [5, 5.41) is 3.66. The fourth-order valence-corrected chi connectivity index (χ4v) is 2.19. The summed E-state index contributed by atoms with van der Waals surface area (Å²) in [6.07, 6.45) is 15.5. The summed E-state index contributed by atoms with van der Waals surface area (Å²) in [4.78, 5) is 0. The van der Waals surface area contributed by atoms with E-state index in [1.54, 1.807) is 0 Å². The van der Waals surface area contributed by atoms with Crippen molar-refractivity contribution in [3.63, 3.8) is 0 Å². The summed E-state index contributed by atoms with van der Waals surface area (Å²) >= 11 is 0. The van der Waals surface area contributed by atoms with E-state index in [-0.39, 0.29) is 0 Å². The van der Waals surface area contributed by atoms with Crippen molar-refractivity contribution in [3.05, 3.63) is 12.7 Å². The van der Waals surface area contributed by atoms with E-state index in [4.69, 9.17) is 0 Å². The van der Waals surface area contributed by atoms with Gasteiger partial charge in [-0.2, -0.15) is 0 Å². The van der Waals surface area contributed by atoms with E-state index >= 15 is 0 Å². The highest BCUT2D eigenvalue weighted by atomic mass is 14.9. The van der Waals surface area contributed by atoms with E-state index < -0.39 is 0 Å². The largest absolute Gasteiger partial charge is 0.314 e. The number of rotatable bonds is 13. The fraction of sp³-hybridized carbons (Fsp3) is 0.875. The molecule has 102 valence electrons. The Labute approximate surface area is 109 Å². The van der Waals surface area contributed by atoms with Crippen LogP contribution >= 0.6 is 0 Å². The summed E-state index contributed by atoms with van der Waals surface area (Å²) in [6, 6.07) is 0.721. The van der Waals surface area contributed by atoms with Gasteiger partial charge in [0.05, 0.1) is 0 Å². The Morgan fingerprint density at radius 3 is 2.29 bits per heavy atom. The molecule has 0 aromatic rings. The zero-order chi connectivity index (χ0) is 12.8. The fourth-order valence-electron chi connectivity index (χ4n) is 2.19.